The summed E-state index contributed by atoms with van der Waals surface area (Å²) in [4.78, 5) is 25.4. The number of nitrogens with zero attached hydrogens (tertiary/aromatic N) is 1. The molecule has 3 aliphatic rings. The third-order valence-electron chi connectivity index (χ3n) is 4.71. The average Bonchev–Trinajstić information content (AvgIpc) is 2.54. The lowest BCUT2D eigenvalue weighted by Gasteiger charge is -2.51. The highest BCUT2D eigenvalue weighted by Crippen LogP contribution is 2.43. The number of aliphatic carboxylic acids is 1. The molecule has 0 aromatic heterocycles. The molecule has 0 radical (unpaired) electrons. The molecule has 21 heavy (non-hydrogen) atoms. The van der Waals surface area contributed by atoms with Gasteiger partial charge in [0.2, 0.25) is 0 Å². The van der Waals surface area contributed by atoms with E-state index >= 15 is 0 Å². The lowest BCUT2D eigenvalue weighted by atomic mass is 9.70. The van der Waals surface area contributed by atoms with Gasteiger partial charge in [0.15, 0.2) is 0 Å². The molecule has 1 N–H and O–H groups in total. The van der Waals surface area contributed by atoms with E-state index in [-0.39, 0.29) is 6.61 Å². The topological polar surface area (TPSA) is 66.8 Å². The van der Waals surface area contributed by atoms with E-state index in [0.717, 1.165) is 18.4 Å². The number of benzene rings is 1. The first-order chi connectivity index (χ1) is 10.1. The van der Waals surface area contributed by atoms with Crippen LogP contribution in [0, 0.1) is 5.92 Å². The summed E-state index contributed by atoms with van der Waals surface area (Å²) in [6, 6.07) is 9.41. The molecule has 1 saturated carbocycles. The van der Waals surface area contributed by atoms with Crippen molar-refractivity contribution in [3.05, 3.63) is 35.9 Å². The van der Waals surface area contributed by atoms with Gasteiger partial charge in [-0.25, -0.2) is 9.59 Å². The Labute approximate surface area is 123 Å². The maximum Gasteiger partial charge on any atom is 0.411 e. The molecule has 3 fully saturated rings. The lowest BCUT2D eigenvalue weighted by Crippen LogP contribution is -2.64. The number of hydrogen-bond acceptors (Lipinski definition) is 3. The minimum atomic E-state index is -1.05. The van der Waals surface area contributed by atoms with Crippen LogP contribution in [0.2, 0.25) is 0 Å². The number of amides is 1. The van der Waals surface area contributed by atoms with Gasteiger partial charge in [-0.05, 0) is 37.2 Å². The normalized spacial score (nSPS) is 27.4. The predicted octanol–water partition coefficient (Wildman–Crippen LogP) is 2.65. The number of carboxylic acid groups (broad SMARTS) is 1. The summed E-state index contributed by atoms with van der Waals surface area (Å²) in [5.41, 5.74) is -0.153. The molecule has 2 saturated heterocycles. The fraction of sp³-hybridized carbons (Fsp3) is 0.500. The maximum absolute atomic E-state index is 12.3. The van der Waals surface area contributed by atoms with Crippen LogP contribution in [-0.2, 0) is 16.1 Å². The molecule has 2 heterocycles. The van der Waals surface area contributed by atoms with Crippen LogP contribution in [-0.4, -0.2) is 34.2 Å². The summed E-state index contributed by atoms with van der Waals surface area (Å²) in [6.07, 6.45) is 2.33. The summed E-state index contributed by atoms with van der Waals surface area (Å²) < 4.78 is 5.32. The van der Waals surface area contributed by atoms with E-state index in [4.69, 9.17) is 4.74 Å². The van der Waals surface area contributed by atoms with Gasteiger partial charge in [0.05, 0.1) is 0 Å². The molecule has 1 aromatic carbocycles. The van der Waals surface area contributed by atoms with Crippen molar-refractivity contribution in [3.63, 3.8) is 0 Å². The van der Waals surface area contributed by atoms with Crippen LogP contribution < -0.4 is 0 Å². The molecule has 1 amide bonds. The van der Waals surface area contributed by atoms with Gasteiger partial charge in [-0.1, -0.05) is 30.3 Å². The second kappa shape index (κ2) is 5.39. The molecule has 5 heteroatoms. The Morgan fingerprint density at radius 1 is 1.24 bits per heavy atom. The van der Waals surface area contributed by atoms with Gasteiger partial charge in [0, 0.05) is 6.54 Å². The number of carbonyl (C=O) groups excluding carboxylic acids is 1. The van der Waals surface area contributed by atoms with Crippen LogP contribution in [0.25, 0.3) is 0 Å². The first kappa shape index (κ1) is 13.9. The van der Waals surface area contributed by atoms with Crippen molar-refractivity contribution in [3.8, 4) is 0 Å². The number of fused-ring (bicyclic) bond motifs is 3. The summed E-state index contributed by atoms with van der Waals surface area (Å²) in [6.45, 7) is 0.677. The van der Waals surface area contributed by atoms with Gasteiger partial charge in [-0.3, -0.25) is 4.90 Å². The van der Waals surface area contributed by atoms with E-state index < -0.39 is 17.6 Å². The first-order valence-electron chi connectivity index (χ1n) is 7.33. The van der Waals surface area contributed by atoms with E-state index in [1.807, 2.05) is 30.3 Å². The number of hydrogen-bond donors (Lipinski definition) is 1. The monoisotopic (exact) mass is 289 g/mol. The van der Waals surface area contributed by atoms with E-state index in [9.17, 15) is 14.7 Å². The molecule has 2 aliphatic heterocycles. The van der Waals surface area contributed by atoms with E-state index in [1.165, 1.54) is 4.90 Å². The van der Waals surface area contributed by atoms with Gasteiger partial charge >= 0.3 is 12.1 Å². The van der Waals surface area contributed by atoms with Crippen molar-refractivity contribution < 1.29 is 19.4 Å². The van der Waals surface area contributed by atoms with Crippen LogP contribution >= 0.6 is 0 Å². The van der Waals surface area contributed by atoms with Crippen molar-refractivity contribution in [1.29, 1.82) is 0 Å². The van der Waals surface area contributed by atoms with Gasteiger partial charge in [0.1, 0.15) is 12.1 Å². The summed E-state index contributed by atoms with van der Waals surface area (Å²) in [7, 11) is 0. The fourth-order valence-corrected chi connectivity index (χ4v) is 3.42. The standard InChI is InChI=1S/C16H19NO4/c18-14(19)16-8-6-12(7-9-16)10-17(16)15(20)21-11-13-4-2-1-3-5-13/h1-5,12H,6-11H2,(H,18,19). The zero-order valence-electron chi connectivity index (χ0n) is 11.8. The van der Waals surface area contributed by atoms with E-state index in [2.05, 4.69) is 0 Å². The molecule has 2 bridgehead atoms. The average molecular weight is 289 g/mol. The number of piperidine rings is 2. The quantitative estimate of drug-likeness (QED) is 0.929. The van der Waals surface area contributed by atoms with Crippen molar-refractivity contribution >= 4 is 12.1 Å². The maximum atomic E-state index is 12.3. The van der Waals surface area contributed by atoms with Crippen LogP contribution in [0.1, 0.15) is 31.2 Å². The molecular formula is C16H19NO4. The minimum absolute atomic E-state index is 0.177. The van der Waals surface area contributed by atoms with Crippen LogP contribution in [0.5, 0.6) is 0 Å². The molecule has 1 aliphatic carbocycles. The second-order valence-corrected chi connectivity index (χ2v) is 5.93. The zero-order valence-corrected chi connectivity index (χ0v) is 11.8. The summed E-state index contributed by atoms with van der Waals surface area (Å²) in [5.74, 6) is -0.493. The minimum Gasteiger partial charge on any atom is -0.479 e. The Hall–Kier alpha value is -2.04. The van der Waals surface area contributed by atoms with Crippen LogP contribution in [0.3, 0.4) is 0 Å². The highest BCUT2D eigenvalue weighted by Gasteiger charge is 2.54. The second-order valence-electron chi connectivity index (χ2n) is 5.93. The van der Waals surface area contributed by atoms with Crippen molar-refractivity contribution in [1.82, 2.24) is 4.90 Å². The Bertz CT molecular complexity index is 534. The Morgan fingerprint density at radius 3 is 2.52 bits per heavy atom. The lowest BCUT2D eigenvalue weighted by molar-refractivity contribution is -0.159. The van der Waals surface area contributed by atoms with E-state index in [1.54, 1.807) is 0 Å². The zero-order chi connectivity index (χ0) is 14.9. The predicted molar refractivity (Wildman–Crippen MR) is 75.7 cm³/mol. The largest absolute Gasteiger partial charge is 0.479 e. The molecule has 0 spiro atoms. The third kappa shape index (κ3) is 2.48. The van der Waals surface area contributed by atoms with Crippen molar-refractivity contribution in [2.45, 2.75) is 37.8 Å². The fourth-order valence-electron chi connectivity index (χ4n) is 3.42. The Kier molecular flexibility index (Phi) is 3.57. The van der Waals surface area contributed by atoms with Gasteiger partial charge in [-0.15, -0.1) is 0 Å². The van der Waals surface area contributed by atoms with Crippen molar-refractivity contribution in [2.75, 3.05) is 6.54 Å². The highest BCUT2D eigenvalue weighted by molar-refractivity contribution is 5.85. The first-order valence-corrected chi connectivity index (χ1v) is 7.33. The Balaban J connectivity index is 1.70. The number of ether oxygens (including phenoxy) is 1. The van der Waals surface area contributed by atoms with Gasteiger partial charge in [-0.2, -0.15) is 0 Å². The van der Waals surface area contributed by atoms with Gasteiger partial charge < -0.3 is 9.84 Å². The van der Waals surface area contributed by atoms with Crippen LogP contribution in [0.15, 0.2) is 30.3 Å². The molecular weight excluding hydrogens is 270 g/mol. The molecule has 4 rings (SSSR count). The van der Waals surface area contributed by atoms with E-state index in [0.29, 0.717) is 25.3 Å². The van der Waals surface area contributed by atoms with Gasteiger partial charge in [0.25, 0.3) is 0 Å². The molecule has 1 aromatic rings. The smallest absolute Gasteiger partial charge is 0.411 e. The Morgan fingerprint density at radius 2 is 1.90 bits per heavy atom. The molecule has 0 atom stereocenters. The summed E-state index contributed by atoms with van der Waals surface area (Å²) in [5, 5.41) is 9.57. The molecule has 112 valence electrons. The number of carboxylic acids is 1. The number of carbonyl (C=O) groups is 2. The molecule has 5 nitrogen and oxygen atoms in total. The SMILES string of the molecule is O=C(OCc1ccccc1)N1CC2CCC1(C(=O)O)CC2. The molecule has 0 unspecified atom stereocenters. The van der Waals surface area contributed by atoms with Crippen molar-refractivity contribution in [2.24, 2.45) is 5.92 Å². The highest BCUT2D eigenvalue weighted by atomic mass is 16.6. The third-order valence-corrected chi connectivity index (χ3v) is 4.71. The van der Waals surface area contributed by atoms with Crippen LogP contribution in [0.4, 0.5) is 4.79 Å². The summed E-state index contributed by atoms with van der Waals surface area (Å²) >= 11 is 0. The number of rotatable bonds is 3.